The fraction of sp³-hybridized carbons (Fsp3) is 0.500. The molecule has 1 rings (SSSR count). The van der Waals surface area contributed by atoms with Crippen molar-refractivity contribution >= 4 is 27.9 Å². The minimum absolute atomic E-state index is 1.03. The number of halogens is 1. The Bertz CT molecular complexity index is 314. The van der Waals surface area contributed by atoms with Crippen LogP contribution in [0, 0.1) is 6.92 Å². The van der Waals surface area contributed by atoms with E-state index in [-0.39, 0.29) is 0 Å². The monoisotopic (exact) mass is 287 g/mol. The van der Waals surface area contributed by atoms with E-state index in [4.69, 9.17) is 0 Å². The van der Waals surface area contributed by atoms with E-state index >= 15 is 0 Å². The van der Waals surface area contributed by atoms with Crippen LogP contribution >= 0.6 is 27.9 Å². The Morgan fingerprint density at radius 2 is 2.13 bits per heavy atom. The first-order chi connectivity index (χ1) is 7.17. The van der Waals surface area contributed by atoms with Gasteiger partial charge in [0.05, 0.1) is 0 Å². The second-order valence-corrected chi connectivity index (χ2v) is 5.41. The molecule has 15 heavy (non-hydrogen) atoms. The van der Waals surface area contributed by atoms with Gasteiger partial charge in [-0.05, 0) is 42.9 Å². The van der Waals surface area contributed by atoms with E-state index in [1.54, 1.807) is 0 Å². The van der Waals surface area contributed by atoms with Crippen LogP contribution < -0.4 is 0 Å². The van der Waals surface area contributed by atoms with Gasteiger partial charge in [0, 0.05) is 17.6 Å². The van der Waals surface area contributed by atoms with Crippen LogP contribution in [0.1, 0.15) is 24.5 Å². The van der Waals surface area contributed by atoms with E-state index in [0.29, 0.717) is 0 Å². The van der Waals surface area contributed by atoms with Crippen molar-refractivity contribution in [3.8, 4) is 0 Å². The van der Waals surface area contributed by atoms with Gasteiger partial charge >= 0.3 is 0 Å². The van der Waals surface area contributed by atoms with E-state index in [1.807, 2.05) is 11.9 Å². The molecule has 0 N–H and O–H groups in total. The average Bonchev–Trinajstić information content (AvgIpc) is 2.22. The SMILES string of the molecule is CCCN(Cc1cc(Br)ccc1C)SC. The number of nitrogens with zero attached hydrogens (tertiary/aromatic N) is 1. The fourth-order valence-electron chi connectivity index (χ4n) is 1.48. The molecular formula is C12H18BrNS. The number of aryl methyl sites for hydroxylation is 1. The molecule has 0 aliphatic rings. The molecule has 0 aliphatic carbocycles. The van der Waals surface area contributed by atoms with Gasteiger partial charge in [0.1, 0.15) is 0 Å². The zero-order valence-corrected chi connectivity index (χ0v) is 12.0. The summed E-state index contributed by atoms with van der Waals surface area (Å²) < 4.78 is 3.56. The molecule has 0 heterocycles. The maximum atomic E-state index is 3.52. The number of hydrogen-bond donors (Lipinski definition) is 0. The Morgan fingerprint density at radius 1 is 1.40 bits per heavy atom. The summed E-state index contributed by atoms with van der Waals surface area (Å²) in [6.07, 6.45) is 3.34. The summed E-state index contributed by atoms with van der Waals surface area (Å²) in [6, 6.07) is 6.49. The van der Waals surface area contributed by atoms with Crippen LogP contribution in [0.2, 0.25) is 0 Å². The zero-order chi connectivity index (χ0) is 11.3. The Hall–Kier alpha value is 0.01000. The van der Waals surface area contributed by atoms with Crippen molar-refractivity contribution in [2.45, 2.75) is 26.8 Å². The van der Waals surface area contributed by atoms with Crippen LogP contribution in [0.15, 0.2) is 22.7 Å². The summed E-state index contributed by atoms with van der Waals surface area (Å²) in [5, 5.41) is 0. The summed E-state index contributed by atoms with van der Waals surface area (Å²) >= 11 is 5.34. The summed E-state index contributed by atoms with van der Waals surface area (Å²) in [7, 11) is 0. The minimum atomic E-state index is 1.03. The molecule has 0 aromatic heterocycles. The summed E-state index contributed by atoms with van der Waals surface area (Å²) in [5.41, 5.74) is 2.78. The molecule has 1 aromatic carbocycles. The van der Waals surface area contributed by atoms with E-state index in [2.05, 4.69) is 58.5 Å². The van der Waals surface area contributed by atoms with Crippen molar-refractivity contribution in [3.63, 3.8) is 0 Å². The summed E-state index contributed by atoms with van der Waals surface area (Å²) in [4.78, 5) is 0. The largest absolute Gasteiger partial charge is 0.246 e. The van der Waals surface area contributed by atoms with Crippen molar-refractivity contribution in [3.05, 3.63) is 33.8 Å². The van der Waals surface area contributed by atoms with Crippen molar-refractivity contribution in [1.29, 1.82) is 0 Å². The smallest absolute Gasteiger partial charge is 0.0343 e. The highest BCUT2D eigenvalue weighted by atomic mass is 79.9. The molecule has 1 nitrogen and oxygen atoms in total. The molecule has 0 amide bonds. The average molecular weight is 288 g/mol. The highest BCUT2D eigenvalue weighted by Gasteiger charge is 2.05. The third kappa shape index (κ3) is 4.17. The van der Waals surface area contributed by atoms with E-state index < -0.39 is 0 Å². The Labute approximate surface area is 106 Å². The standard InChI is InChI=1S/C12H18BrNS/c1-4-7-14(15-3)9-11-8-12(13)6-5-10(11)2/h5-6,8H,4,7,9H2,1-3H3. The van der Waals surface area contributed by atoms with Crippen LogP contribution in [0.25, 0.3) is 0 Å². The van der Waals surface area contributed by atoms with Crippen molar-refractivity contribution in [1.82, 2.24) is 4.31 Å². The topological polar surface area (TPSA) is 3.24 Å². The van der Waals surface area contributed by atoms with Gasteiger partial charge in [-0.2, -0.15) is 0 Å². The van der Waals surface area contributed by atoms with Gasteiger partial charge in [0.25, 0.3) is 0 Å². The molecule has 1 aromatic rings. The van der Waals surface area contributed by atoms with Crippen LogP contribution in [-0.2, 0) is 6.54 Å². The molecule has 0 aliphatic heterocycles. The van der Waals surface area contributed by atoms with Crippen LogP contribution in [0.5, 0.6) is 0 Å². The lowest BCUT2D eigenvalue weighted by Gasteiger charge is -2.19. The van der Waals surface area contributed by atoms with Gasteiger partial charge in [-0.25, -0.2) is 4.31 Å². The molecule has 0 radical (unpaired) electrons. The molecule has 0 saturated heterocycles. The Balaban J connectivity index is 2.73. The number of rotatable bonds is 5. The molecule has 0 saturated carbocycles. The number of hydrogen-bond acceptors (Lipinski definition) is 2. The van der Waals surface area contributed by atoms with Crippen molar-refractivity contribution in [2.75, 3.05) is 12.8 Å². The van der Waals surface area contributed by atoms with Gasteiger partial charge in [-0.3, -0.25) is 0 Å². The first-order valence-electron chi connectivity index (χ1n) is 5.21. The van der Waals surface area contributed by atoms with Crippen LogP contribution in [0.4, 0.5) is 0 Å². The molecule has 0 fully saturated rings. The van der Waals surface area contributed by atoms with Crippen molar-refractivity contribution in [2.24, 2.45) is 0 Å². The molecule has 84 valence electrons. The van der Waals surface area contributed by atoms with Gasteiger partial charge in [0.2, 0.25) is 0 Å². The predicted octanol–water partition coefficient (Wildman–Crippen LogP) is 4.25. The summed E-state index contributed by atoms with van der Waals surface area (Å²) in [6.45, 7) is 6.57. The van der Waals surface area contributed by atoms with Gasteiger partial charge in [-0.1, -0.05) is 40.9 Å². The molecule has 3 heteroatoms. The molecule has 0 unspecified atom stereocenters. The lowest BCUT2D eigenvalue weighted by Crippen LogP contribution is -2.16. The zero-order valence-electron chi connectivity index (χ0n) is 9.59. The normalized spacial score (nSPS) is 11.0. The lowest BCUT2D eigenvalue weighted by atomic mass is 10.1. The van der Waals surface area contributed by atoms with Gasteiger partial charge in [-0.15, -0.1) is 0 Å². The predicted molar refractivity (Wildman–Crippen MR) is 73.1 cm³/mol. The van der Waals surface area contributed by atoms with Crippen LogP contribution in [-0.4, -0.2) is 17.1 Å². The maximum Gasteiger partial charge on any atom is 0.0343 e. The molecule has 0 bridgehead atoms. The molecule has 0 spiro atoms. The quantitative estimate of drug-likeness (QED) is 0.745. The van der Waals surface area contributed by atoms with E-state index in [0.717, 1.165) is 13.1 Å². The maximum absolute atomic E-state index is 3.52. The Morgan fingerprint density at radius 3 is 2.73 bits per heavy atom. The van der Waals surface area contributed by atoms with Crippen LogP contribution in [0.3, 0.4) is 0 Å². The molecular weight excluding hydrogens is 270 g/mol. The van der Waals surface area contributed by atoms with Crippen molar-refractivity contribution < 1.29 is 0 Å². The Kier molecular flexibility index (Phi) is 5.72. The second kappa shape index (κ2) is 6.56. The number of benzene rings is 1. The van der Waals surface area contributed by atoms with Gasteiger partial charge in [0.15, 0.2) is 0 Å². The van der Waals surface area contributed by atoms with Gasteiger partial charge < -0.3 is 0 Å². The first-order valence-corrected chi connectivity index (χ1v) is 7.19. The highest BCUT2D eigenvalue weighted by Crippen LogP contribution is 2.20. The molecule has 0 atom stereocenters. The fourth-order valence-corrected chi connectivity index (χ4v) is 2.53. The highest BCUT2D eigenvalue weighted by molar-refractivity contribution is 9.10. The minimum Gasteiger partial charge on any atom is -0.246 e. The van der Waals surface area contributed by atoms with E-state index in [1.165, 1.54) is 22.0 Å². The summed E-state index contributed by atoms with van der Waals surface area (Å²) in [5.74, 6) is 0. The third-order valence-corrected chi connectivity index (χ3v) is 3.71. The third-order valence-electron chi connectivity index (χ3n) is 2.39. The lowest BCUT2D eigenvalue weighted by molar-refractivity contribution is 0.465. The van der Waals surface area contributed by atoms with E-state index in [9.17, 15) is 0 Å². The first kappa shape index (κ1) is 13.1. The second-order valence-electron chi connectivity index (χ2n) is 3.62.